The van der Waals surface area contributed by atoms with Gasteiger partial charge < -0.3 is 10.1 Å². The standard InChI is InChI=1S/C17H19BrINO/c1-3-10-20-17(12-4-7-14(21-2)8-5-12)15-11-13(18)6-9-16(15)19/h4-9,11,17,20H,3,10H2,1-2H3. The maximum Gasteiger partial charge on any atom is 0.118 e. The van der Waals surface area contributed by atoms with Gasteiger partial charge in [0, 0.05) is 8.04 Å². The van der Waals surface area contributed by atoms with Crippen LogP contribution >= 0.6 is 38.5 Å². The molecule has 2 nitrogen and oxygen atoms in total. The molecule has 21 heavy (non-hydrogen) atoms. The summed E-state index contributed by atoms with van der Waals surface area (Å²) >= 11 is 5.98. The van der Waals surface area contributed by atoms with Crippen LogP contribution in [-0.2, 0) is 0 Å². The smallest absolute Gasteiger partial charge is 0.118 e. The lowest BCUT2D eigenvalue weighted by Gasteiger charge is -2.21. The fraction of sp³-hybridized carbons (Fsp3) is 0.294. The fourth-order valence-corrected chi connectivity index (χ4v) is 3.25. The number of rotatable bonds is 6. The van der Waals surface area contributed by atoms with Crippen LogP contribution in [-0.4, -0.2) is 13.7 Å². The summed E-state index contributed by atoms with van der Waals surface area (Å²) in [6.07, 6.45) is 1.11. The molecule has 2 rings (SSSR count). The molecule has 4 heteroatoms. The van der Waals surface area contributed by atoms with Crippen molar-refractivity contribution in [2.24, 2.45) is 0 Å². The molecule has 0 bridgehead atoms. The highest BCUT2D eigenvalue weighted by atomic mass is 127. The molecule has 0 fully saturated rings. The minimum absolute atomic E-state index is 0.195. The average Bonchev–Trinajstić information content (AvgIpc) is 2.51. The third kappa shape index (κ3) is 4.44. The number of halogens is 2. The Morgan fingerprint density at radius 3 is 2.52 bits per heavy atom. The minimum atomic E-state index is 0.195. The van der Waals surface area contributed by atoms with Crippen LogP contribution in [0.2, 0.25) is 0 Å². The molecule has 0 aliphatic carbocycles. The van der Waals surface area contributed by atoms with E-state index >= 15 is 0 Å². The van der Waals surface area contributed by atoms with Crippen LogP contribution in [0.1, 0.15) is 30.5 Å². The van der Waals surface area contributed by atoms with E-state index < -0.39 is 0 Å². The Hall–Kier alpha value is -0.590. The van der Waals surface area contributed by atoms with Crippen LogP contribution in [0, 0.1) is 3.57 Å². The van der Waals surface area contributed by atoms with Gasteiger partial charge in [-0.2, -0.15) is 0 Å². The Morgan fingerprint density at radius 2 is 1.90 bits per heavy atom. The Balaban J connectivity index is 2.38. The zero-order valence-electron chi connectivity index (χ0n) is 12.2. The van der Waals surface area contributed by atoms with Crippen LogP contribution < -0.4 is 10.1 Å². The van der Waals surface area contributed by atoms with Gasteiger partial charge >= 0.3 is 0 Å². The second kappa shape index (κ2) is 8.15. The van der Waals surface area contributed by atoms with Crippen molar-refractivity contribution < 1.29 is 4.74 Å². The van der Waals surface area contributed by atoms with Gasteiger partial charge in [-0.05, 0) is 77.0 Å². The molecule has 0 saturated carbocycles. The summed E-state index contributed by atoms with van der Waals surface area (Å²) in [4.78, 5) is 0. The van der Waals surface area contributed by atoms with E-state index in [0.29, 0.717) is 0 Å². The first-order chi connectivity index (χ1) is 10.2. The lowest BCUT2D eigenvalue weighted by molar-refractivity contribution is 0.414. The van der Waals surface area contributed by atoms with E-state index in [1.165, 1.54) is 14.7 Å². The molecule has 1 unspecified atom stereocenters. The van der Waals surface area contributed by atoms with Gasteiger partial charge in [-0.15, -0.1) is 0 Å². The lowest BCUT2D eigenvalue weighted by Crippen LogP contribution is -2.24. The van der Waals surface area contributed by atoms with Gasteiger partial charge in [-0.25, -0.2) is 0 Å². The van der Waals surface area contributed by atoms with Crippen LogP contribution in [0.3, 0.4) is 0 Å². The van der Waals surface area contributed by atoms with Crippen molar-refractivity contribution in [2.45, 2.75) is 19.4 Å². The number of benzene rings is 2. The van der Waals surface area contributed by atoms with Crippen molar-refractivity contribution in [3.63, 3.8) is 0 Å². The number of nitrogens with one attached hydrogen (secondary N) is 1. The molecule has 0 amide bonds. The Morgan fingerprint density at radius 1 is 1.19 bits per heavy atom. The van der Waals surface area contributed by atoms with Crippen molar-refractivity contribution in [1.82, 2.24) is 5.32 Å². The quantitative estimate of drug-likeness (QED) is 0.603. The van der Waals surface area contributed by atoms with E-state index in [1.54, 1.807) is 7.11 Å². The van der Waals surface area contributed by atoms with E-state index in [-0.39, 0.29) is 6.04 Å². The molecule has 0 saturated heterocycles. The van der Waals surface area contributed by atoms with Crippen molar-refractivity contribution in [2.75, 3.05) is 13.7 Å². The first-order valence-corrected chi connectivity index (χ1v) is 8.85. The maximum absolute atomic E-state index is 5.25. The molecule has 0 aliphatic heterocycles. The number of ether oxygens (including phenoxy) is 1. The van der Waals surface area contributed by atoms with Gasteiger partial charge in [-0.3, -0.25) is 0 Å². The second-order valence-corrected chi connectivity index (χ2v) is 6.90. The van der Waals surface area contributed by atoms with Crippen molar-refractivity contribution in [3.8, 4) is 5.75 Å². The Kier molecular flexibility index (Phi) is 6.51. The predicted octanol–water partition coefficient (Wildman–Crippen LogP) is 5.15. The van der Waals surface area contributed by atoms with Gasteiger partial charge in [0.15, 0.2) is 0 Å². The zero-order valence-corrected chi connectivity index (χ0v) is 15.9. The molecule has 0 radical (unpaired) electrons. The third-order valence-electron chi connectivity index (χ3n) is 3.32. The minimum Gasteiger partial charge on any atom is -0.497 e. The van der Waals surface area contributed by atoms with Crippen molar-refractivity contribution in [1.29, 1.82) is 0 Å². The predicted molar refractivity (Wildman–Crippen MR) is 100.0 cm³/mol. The summed E-state index contributed by atoms with van der Waals surface area (Å²) in [6, 6.07) is 14.9. The summed E-state index contributed by atoms with van der Waals surface area (Å²) < 4.78 is 7.62. The second-order valence-electron chi connectivity index (χ2n) is 4.83. The number of hydrogen-bond donors (Lipinski definition) is 1. The van der Waals surface area contributed by atoms with Gasteiger partial charge in [0.05, 0.1) is 13.2 Å². The van der Waals surface area contributed by atoms with Crippen LogP contribution in [0.5, 0.6) is 5.75 Å². The van der Waals surface area contributed by atoms with E-state index in [9.17, 15) is 0 Å². The molecular weight excluding hydrogens is 441 g/mol. The van der Waals surface area contributed by atoms with Crippen LogP contribution in [0.15, 0.2) is 46.9 Å². The molecule has 112 valence electrons. The highest BCUT2D eigenvalue weighted by Gasteiger charge is 2.16. The summed E-state index contributed by atoms with van der Waals surface area (Å²) in [5.41, 5.74) is 2.55. The van der Waals surface area contributed by atoms with Crippen molar-refractivity contribution in [3.05, 3.63) is 61.6 Å². The van der Waals surface area contributed by atoms with Gasteiger partial charge in [-0.1, -0.05) is 35.0 Å². The largest absolute Gasteiger partial charge is 0.497 e. The van der Waals surface area contributed by atoms with Gasteiger partial charge in [0.1, 0.15) is 5.75 Å². The molecule has 2 aromatic carbocycles. The fourth-order valence-electron chi connectivity index (χ4n) is 2.23. The highest BCUT2D eigenvalue weighted by molar-refractivity contribution is 14.1. The maximum atomic E-state index is 5.25. The van der Waals surface area contributed by atoms with Crippen LogP contribution in [0.25, 0.3) is 0 Å². The highest BCUT2D eigenvalue weighted by Crippen LogP contribution is 2.29. The molecule has 0 aliphatic rings. The SMILES string of the molecule is CCCNC(c1ccc(OC)cc1)c1cc(Br)ccc1I. The molecular formula is C17H19BrINO. The van der Waals surface area contributed by atoms with E-state index in [2.05, 4.69) is 81.1 Å². The lowest BCUT2D eigenvalue weighted by atomic mass is 9.98. The zero-order chi connectivity index (χ0) is 15.2. The molecule has 0 spiro atoms. The third-order valence-corrected chi connectivity index (χ3v) is 4.79. The van der Waals surface area contributed by atoms with Gasteiger partial charge in [0.2, 0.25) is 0 Å². The molecule has 1 atom stereocenters. The van der Waals surface area contributed by atoms with Crippen molar-refractivity contribution >= 4 is 38.5 Å². The first kappa shape index (κ1) is 16.8. The molecule has 0 aromatic heterocycles. The molecule has 1 N–H and O–H groups in total. The van der Waals surface area contributed by atoms with E-state index in [1.807, 2.05) is 12.1 Å². The Labute approximate surface area is 148 Å². The Bertz CT molecular complexity index is 586. The first-order valence-electron chi connectivity index (χ1n) is 6.98. The molecule has 2 aromatic rings. The molecule has 0 heterocycles. The summed E-state index contributed by atoms with van der Waals surface area (Å²) in [6.45, 7) is 3.17. The summed E-state index contributed by atoms with van der Waals surface area (Å²) in [5, 5.41) is 3.64. The van der Waals surface area contributed by atoms with E-state index in [0.717, 1.165) is 23.2 Å². The van der Waals surface area contributed by atoms with Crippen LogP contribution in [0.4, 0.5) is 0 Å². The monoisotopic (exact) mass is 459 g/mol. The van der Waals surface area contributed by atoms with E-state index in [4.69, 9.17) is 4.74 Å². The average molecular weight is 460 g/mol. The normalized spacial score (nSPS) is 12.2. The van der Waals surface area contributed by atoms with Gasteiger partial charge in [0.25, 0.3) is 0 Å². The topological polar surface area (TPSA) is 21.3 Å². The number of methoxy groups -OCH3 is 1. The summed E-state index contributed by atoms with van der Waals surface area (Å²) in [7, 11) is 1.69. The number of hydrogen-bond acceptors (Lipinski definition) is 2. The summed E-state index contributed by atoms with van der Waals surface area (Å²) in [5.74, 6) is 0.886.